The lowest BCUT2D eigenvalue weighted by molar-refractivity contribution is -0.145. The Labute approximate surface area is 236 Å². The van der Waals surface area contributed by atoms with Crippen LogP contribution in [0.2, 0.25) is 0 Å². The fraction of sp³-hybridized carbons (Fsp3) is 0.139. The van der Waals surface area contributed by atoms with Gasteiger partial charge in [0.1, 0.15) is 6.04 Å². The average Bonchev–Trinajstić information content (AvgIpc) is 3.04. The molecule has 5 rings (SSSR count). The van der Waals surface area contributed by atoms with Crippen LogP contribution in [0.15, 0.2) is 146 Å². The third-order valence-electron chi connectivity index (χ3n) is 7.08. The number of carbonyl (C=O) groups is 1. The van der Waals surface area contributed by atoms with Crippen molar-refractivity contribution in [3.05, 3.63) is 168 Å². The maximum atomic E-state index is 13.2. The monoisotopic (exact) mass is 527 g/mol. The summed E-state index contributed by atoms with van der Waals surface area (Å²) in [5.41, 5.74) is 5.52. The molecule has 0 bridgehead atoms. The van der Waals surface area contributed by atoms with Crippen molar-refractivity contribution in [1.82, 2.24) is 5.32 Å². The highest BCUT2D eigenvalue weighted by atomic mass is 16.5. The Bertz CT molecular complexity index is 1390. The summed E-state index contributed by atoms with van der Waals surface area (Å²) in [6, 6.07) is 48.4. The number of benzene rings is 5. The fourth-order valence-electron chi connectivity index (χ4n) is 5.15. The SMILES string of the molecule is COC(=O)[C@H](COCc1cccc(-c2ccccc2)c1)NC(c1ccccc1)(c1ccccc1)c1ccccc1. The lowest BCUT2D eigenvalue weighted by Crippen LogP contribution is -2.54. The lowest BCUT2D eigenvalue weighted by Gasteiger charge is -2.39. The van der Waals surface area contributed by atoms with Crippen molar-refractivity contribution in [2.24, 2.45) is 0 Å². The van der Waals surface area contributed by atoms with Gasteiger partial charge in [0.2, 0.25) is 0 Å². The van der Waals surface area contributed by atoms with Crippen LogP contribution in [0.1, 0.15) is 22.3 Å². The van der Waals surface area contributed by atoms with E-state index >= 15 is 0 Å². The summed E-state index contributed by atoms with van der Waals surface area (Å²) in [7, 11) is 1.41. The van der Waals surface area contributed by atoms with Crippen molar-refractivity contribution >= 4 is 5.97 Å². The van der Waals surface area contributed by atoms with E-state index in [1.54, 1.807) is 0 Å². The number of methoxy groups -OCH3 is 1. The molecule has 0 aromatic heterocycles. The van der Waals surface area contributed by atoms with Crippen LogP contribution in [0.3, 0.4) is 0 Å². The summed E-state index contributed by atoms with van der Waals surface area (Å²) >= 11 is 0. The first-order valence-corrected chi connectivity index (χ1v) is 13.4. The van der Waals surface area contributed by atoms with Crippen LogP contribution in [0, 0.1) is 0 Å². The van der Waals surface area contributed by atoms with Gasteiger partial charge < -0.3 is 9.47 Å². The fourth-order valence-corrected chi connectivity index (χ4v) is 5.15. The van der Waals surface area contributed by atoms with Gasteiger partial charge >= 0.3 is 5.97 Å². The quantitative estimate of drug-likeness (QED) is 0.149. The van der Waals surface area contributed by atoms with Crippen LogP contribution in [0.5, 0.6) is 0 Å². The lowest BCUT2D eigenvalue weighted by atomic mass is 9.76. The van der Waals surface area contributed by atoms with Gasteiger partial charge in [-0.2, -0.15) is 0 Å². The highest BCUT2D eigenvalue weighted by Gasteiger charge is 2.40. The number of rotatable bonds is 11. The Kier molecular flexibility index (Phi) is 8.82. The predicted octanol–water partition coefficient (Wildman–Crippen LogP) is 6.99. The highest BCUT2D eigenvalue weighted by Crippen LogP contribution is 2.37. The molecule has 4 nitrogen and oxygen atoms in total. The first-order valence-electron chi connectivity index (χ1n) is 13.4. The van der Waals surface area contributed by atoms with Crippen molar-refractivity contribution < 1.29 is 14.3 Å². The molecule has 4 heteroatoms. The molecule has 5 aromatic carbocycles. The normalized spacial score (nSPS) is 12.0. The van der Waals surface area contributed by atoms with Gasteiger partial charge in [0.05, 0.1) is 25.9 Å². The van der Waals surface area contributed by atoms with E-state index in [2.05, 4.69) is 66.0 Å². The number of nitrogens with one attached hydrogen (secondary N) is 1. The third kappa shape index (κ3) is 6.04. The zero-order chi connectivity index (χ0) is 27.6. The van der Waals surface area contributed by atoms with Crippen LogP contribution in [-0.4, -0.2) is 25.7 Å². The molecule has 0 heterocycles. The molecule has 40 heavy (non-hydrogen) atoms. The molecule has 1 N–H and O–H groups in total. The molecule has 0 saturated carbocycles. The summed E-state index contributed by atoms with van der Waals surface area (Å²) < 4.78 is 11.5. The van der Waals surface area contributed by atoms with Gasteiger partial charge in [0, 0.05) is 0 Å². The van der Waals surface area contributed by atoms with E-state index in [1.165, 1.54) is 7.11 Å². The molecule has 0 radical (unpaired) electrons. The van der Waals surface area contributed by atoms with Gasteiger partial charge in [-0.05, 0) is 39.4 Å². The van der Waals surface area contributed by atoms with E-state index in [1.807, 2.05) is 84.9 Å². The van der Waals surface area contributed by atoms with Gasteiger partial charge in [-0.25, -0.2) is 0 Å². The predicted molar refractivity (Wildman–Crippen MR) is 160 cm³/mol. The molecule has 0 amide bonds. The van der Waals surface area contributed by atoms with Crippen LogP contribution >= 0.6 is 0 Å². The minimum absolute atomic E-state index is 0.135. The number of carbonyl (C=O) groups excluding carboxylic acids is 1. The molecule has 0 spiro atoms. The van der Waals surface area contributed by atoms with Crippen LogP contribution in [0.25, 0.3) is 11.1 Å². The Morgan fingerprint density at radius 1 is 0.650 bits per heavy atom. The summed E-state index contributed by atoms with van der Waals surface area (Å²) in [5, 5.41) is 3.69. The first-order chi connectivity index (χ1) is 19.7. The maximum absolute atomic E-state index is 13.2. The zero-order valence-corrected chi connectivity index (χ0v) is 22.6. The molecule has 5 aromatic rings. The Morgan fingerprint density at radius 3 is 1.62 bits per heavy atom. The Balaban J connectivity index is 1.46. The number of esters is 1. The van der Waals surface area contributed by atoms with Gasteiger partial charge in [0.25, 0.3) is 0 Å². The molecule has 0 fully saturated rings. The average molecular weight is 528 g/mol. The number of ether oxygens (including phenoxy) is 2. The van der Waals surface area contributed by atoms with E-state index in [-0.39, 0.29) is 12.6 Å². The summed E-state index contributed by atoms with van der Waals surface area (Å²) in [4.78, 5) is 13.2. The molecular weight excluding hydrogens is 494 g/mol. The number of hydrogen-bond donors (Lipinski definition) is 1. The van der Waals surface area contributed by atoms with Crippen molar-refractivity contribution in [3.63, 3.8) is 0 Å². The summed E-state index contributed by atoms with van der Waals surface area (Å²) in [5.74, 6) is -0.384. The van der Waals surface area contributed by atoms with Crippen molar-refractivity contribution in [3.8, 4) is 11.1 Å². The van der Waals surface area contributed by atoms with E-state index < -0.39 is 11.6 Å². The van der Waals surface area contributed by atoms with Crippen molar-refractivity contribution in [2.75, 3.05) is 13.7 Å². The Hall–Kier alpha value is -4.51. The molecule has 0 aliphatic heterocycles. The van der Waals surface area contributed by atoms with Gasteiger partial charge in [-0.1, -0.05) is 140 Å². The minimum atomic E-state index is -0.820. The van der Waals surface area contributed by atoms with Gasteiger partial charge in [0.15, 0.2) is 0 Å². The molecule has 0 aliphatic carbocycles. The van der Waals surface area contributed by atoms with E-state index in [9.17, 15) is 4.79 Å². The van der Waals surface area contributed by atoms with Gasteiger partial charge in [-0.15, -0.1) is 0 Å². The van der Waals surface area contributed by atoms with Crippen molar-refractivity contribution in [1.29, 1.82) is 0 Å². The van der Waals surface area contributed by atoms with Crippen LogP contribution in [0.4, 0.5) is 0 Å². The topological polar surface area (TPSA) is 47.6 Å². The second-order valence-corrected chi connectivity index (χ2v) is 9.65. The molecular formula is C36H33NO3. The standard InChI is InChI=1S/C36H33NO3/c1-39-35(38)34(27-40-26-28-15-14-18-30(25-28)29-16-6-2-7-17-29)37-36(31-19-8-3-9-20-31,32-21-10-4-11-22-32)33-23-12-5-13-24-33/h2-25,34,37H,26-27H2,1H3/t34-/m0/s1. The minimum Gasteiger partial charge on any atom is -0.468 e. The molecule has 0 aliphatic rings. The number of hydrogen-bond acceptors (Lipinski definition) is 4. The molecule has 200 valence electrons. The maximum Gasteiger partial charge on any atom is 0.325 e. The first kappa shape index (κ1) is 27.1. The largest absolute Gasteiger partial charge is 0.468 e. The summed E-state index contributed by atoms with van der Waals surface area (Å²) in [6.45, 7) is 0.501. The highest BCUT2D eigenvalue weighted by molar-refractivity contribution is 5.76. The smallest absolute Gasteiger partial charge is 0.325 e. The Morgan fingerprint density at radius 2 is 1.12 bits per heavy atom. The van der Waals surface area contributed by atoms with E-state index in [0.29, 0.717) is 6.61 Å². The van der Waals surface area contributed by atoms with E-state index in [4.69, 9.17) is 9.47 Å². The summed E-state index contributed by atoms with van der Waals surface area (Å²) in [6.07, 6.45) is 0. The molecule has 0 saturated heterocycles. The van der Waals surface area contributed by atoms with Gasteiger partial charge in [-0.3, -0.25) is 10.1 Å². The third-order valence-corrected chi connectivity index (χ3v) is 7.08. The zero-order valence-electron chi connectivity index (χ0n) is 22.6. The van der Waals surface area contributed by atoms with Crippen LogP contribution in [-0.2, 0) is 26.4 Å². The van der Waals surface area contributed by atoms with Crippen molar-refractivity contribution in [2.45, 2.75) is 18.2 Å². The second kappa shape index (κ2) is 13.0. The van der Waals surface area contributed by atoms with Crippen LogP contribution < -0.4 is 5.32 Å². The van der Waals surface area contributed by atoms with E-state index in [0.717, 1.165) is 33.4 Å². The molecule has 0 unspecified atom stereocenters. The molecule has 1 atom stereocenters. The second-order valence-electron chi connectivity index (χ2n) is 9.65.